The lowest BCUT2D eigenvalue weighted by atomic mass is 9.96. The van der Waals surface area contributed by atoms with E-state index in [2.05, 4.69) is 15.6 Å². The minimum Gasteiger partial charge on any atom is -0.493 e. The van der Waals surface area contributed by atoms with Gasteiger partial charge in [-0.15, -0.1) is 24.0 Å². The number of carbonyl (C=O) groups is 1. The van der Waals surface area contributed by atoms with Gasteiger partial charge < -0.3 is 25.0 Å². The first kappa shape index (κ1) is 25.3. The van der Waals surface area contributed by atoms with Crippen LogP contribution in [0.4, 0.5) is 0 Å². The summed E-state index contributed by atoms with van der Waals surface area (Å²) in [5.74, 6) is 2.15. The molecule has 0 radical (unpaired) electrons. The molecule has 1 aromatic carbocycles. The highest BCUT2D eigenvalue weighted by Crippen LogP contribution is 2.27. The molecule has 1 aliphatic rings. The number of benzene rings is 1. The van der Waals surface area contributed by atoms with Gasteiger partial charge in [-0.1, -0.05) is 25.3 Å². The largest absolute Gasteiger partial charge is 0.493 e. The SMILES string of the molecule is COc1ccc(CCNC(=NCC(=O)N(C)C)NC2CCCCC2)cc1OC.I. The van der Waals surface area contributed by atoms with Crippen LogP contribution >= 0.6 is 24.0 Å². The first-order chi connectivity index (χ1) is 13.5. The summed E-state index contributed by atoms with van der Waals surface area (Å²) in [5, 5.41) is 6.87. The Labute approximate surface area is 191 Å². The zero-order valence-corrected chi connectivity index (χ0v) is 20.3. The Morgan fingerprint density at radius 2 is 1.83 bits per heavy atom. The van der Waals surface area contributed by atoms with E-state index in [1.165, 1.54) is 19.3 Å². The minimum absolute atomic E-state index is 0. The number of hydrogen-bond donors (Lipinski definition) is 2. The number of amides is 1. The van der Waals surface area contributed by atoms with E-state index in [4.69, 9.17) is 9.47 Å². The predicted octanol–water partition coefficient (Wildman–Crippen LogP) is 2.82. The van der Waals surface area contributed by atoms with E-state index in [1.807, 2.05) is 18.2 Å². The highest BCUT2D eigenvalue weighted by Gasteiger charge is 2.15. The Hall–Kier alpha value is -1.71. The molecule has 0 saturated heterocycles. The standard InChI is InChI=1S/C21H34N4O3.HI/c1-25(2)20(26)15-23-21(24-17-8-6-5-7-9-17)22-13-12-16-10-11-18(27-3)19(14-16)28-4;/h10-11,14,17H,5-9,12-13,15H2,1-4H3,(H2,22,23,24);1H. The Kier molecular flexibility index (Phi) is 11.8. The van der Waals surface area contributed by atoms with Crippen LogP contribution in [-0.4, -0.2) is 64.2 Å². The maximum atomic E-state index is 11.9. The summed E-state index contributed by atoms with van der Waals surface area (Å²) >= 11 is 0. The van der Waals surface area contributed by atoms with Crippen molar-refractivity contribution in [1.82, 2.24) is 15.5 Å². The molecule has 0 aliphatic heterocycles. The van der Waals surface area contributed by atoms with Crippen LogP contribution in [0.25, 0.3) is 0 Å². The average molecular weight is 518 g/mol. The van der Waals surface area contributed by atoms with Gasteiger partial charge in [0.2, 0.25) is 5.91 Å². The van der Waals surface area contributed by atoms with E-state index in [0.717, 1.165) is 36.3 Å². The van der Waals surface area contributed by atoms with Gasteiger partial charge in [0.1, 0.15) is 6.54 Å². The molecule has 2 rings (SSSR count). The van der Waals surface area contributed by atoms with Gasteiger partial charge in [0, 0.05) is 26.7 Å². The molecule has 0 aromatic heterocycles. The molecule has 0 heterocycles. The maximum Gasteiger partial charge on any atom is 0.243 e. The molecular formula is C21H35IN4O3. The second-order valence-corrected chi connectivity index (χ2v) is 7.30. The van der Waals surface area contributed by atoms with Crippen LogP contribution in [0.3, 0.4) is 0 Å². The van der Waals surface area contributed by atoms with E-state index in [9.17, 15) is 4.79 Å². The van der Waals surface area contributed by atoms with Crippen LogP contribution in [0, 0.1) is 0 Å². The lowest BCUT2D eigenvalue weighted by molar-refractivity contribution is -0.127. The average Bonchev–Trinajstić information content (AvgIpc) is 2.72. The van der Waals surface area contributed by atoms with Gasteiger partial charge in [-0.25, -0.2) is 4.99 Å². The number of nitrogens with zero attached hydrogens (tertiary/aromatic N) is 2. The second-order valence-electron chi connectivity index (χ2n) is 7.30. The van der Waals surface area contributed by atoms with Crippen molar-refractivity contribution in [3.05, 3.63) is 23.8 Å². The number of nitrogens with one attached hydrogen (secondary N) is 2. The smallest absolute Gasteiger partial charge is 0.243 e. The lowest BCUT2D eigenvalue weighted by Gasteiger charge is -2.25. The molecule has 7 nitrogen and oxygen atoms in total. The highest BCUT2D eigenvalue weighted by atomic mass is 127. The van der Waals surface area contributed by atoms with Crippen molar-refractivity contribution in [2.75, 3.05) is 41.4 Å². The quantitative estimate of drug-likeness (QED) is 0.315. The summed E-state index contributed by atoms with van der Waals surface area (Å²) in [6.07, 6.45) is 6.90. The number of hydrogen-bond acceptors (Lipinski definition) is 4. The number of ether oxygens (including phenoxy) is 2. The van der Waals surface area contributed by atoms with Crippen LogP contribution in [0.5, 0.6) is 11.5 Å². The Balaban J connectivity index is 0.00000420. The molecule has 0 bridgehead atoms. The number of aliphatic imine (C=N–C) groups is 1. The molecule has 8 heteroatoms. The molecule has 0 spiro atoms. The van der Waals surface area contributed by atoms with Crippen LogP contribution in [0.1, 0.15) is 37.7 Å². The van der Waals surface area contributed by atoms with E-state index in [1.54, 1.807) is 33.2 Å². The van der Waals surface area contributed by atoms with Gasteiger partial charge in [-0.05, 0) is 37.0 Å². The third-order valence-electron chi connectivity index (χ3n) is 4.97. The first-order valence-electron chi connectivity index (χ1n) is 9.99. The van der Waals surface area contributed by atoms with E-state index in [-0.39, 0.29) is 36.4 Å². The van der Waals surface area contributed by atoms with E-state index < -0.39 is 0 Å². The Morgan fingerprint density at radius 3 is 2.45 bits per heavy atom. The number of likely N-dealkylation sites (N-methyl/N-ethyl adjacent to an activating group) is 1. The van der Waals surface area contributed by atoms with Crippen molar-refractivity contribution >= 4 is 35.8 Å². The predicted molar refractivity (Wildman–Crippen MR) is 128 cm³/mol. The Bertz CT molecular complexity index is 661. The molecule has 1 fully saturated rings. The summed E-state index contributed by atoms with van der Waals surface area (Å²) in [7, 11) is 6.77. The van der Waals surface area contributed by atoms with Crippen molar-refractivity contribution in [3.8, 4) is 11.5 Å². The number of halogens is 1. The maximum absolute atomic E-state index is 11.9. The summed E-state index contributed by atoms with van der Waals surface area (Å²) in [4.78, 5) is 18.0. The zero-order chi connectivity index (χ0) is 20.4. The number of rotatable bonds is 8. The second kappa shape index (κ2) is 13.5. The molecule has 1 aliphatic carbocycles. The monoisotopic (exact) mass is 518 g/mol. The molecule has 2 N–H and O–H groups in total. The molecule has 0 atom stereocenters. The van der Waals surface area contributed by atoms with Crippen molar-refractivity contribution in [3.63, 3.8) is 0 Å². The van der Waals surface area contributed by atoms with Gasteiger partial charge in [0.05, 0.1) is 14.2 Å². The van der Waals surface area contributed by atoms with Crippen LogP contribution in [0.2, 0.25) is 0 Å². The van der Waals surface area contributed by atoms with Crippen LogP contribution in [0.15, 0.2) is 23.2 Å². The zero-order valence-electron chi connectivity index (χ0n) is 18.0. The summed E-state index contributed by atoms with van der Waals surface area (Å²) in [6, 6.07) is 6.36. The minimum atomic E-state index is -0.00960. The van der Waals surface area contributed by atoms with Crippen molar-refractivity contribution in [1.29, 1.82) is 0 Å². The summed E-state index contributed by atoms with van der Waals surface area (Å²) in [5.41, 5.74) is 1.14. The van der Waals surface area contributed by atoms with E-state index >= 15 is 0 Å². The molecule has 1 aromatic rings. The summed E-state index contributed by atoms with van der Waals surface area (Å²) in [6.45, 7) is 0.857. The van der Waals surface area contributed by atoms with Crippen molar-refractivity contribution < 1.29 is 14.3 Å². The number of methoxy groups -OCH3 is 2. The fraction of sp³-hybridized carbons (Fsp3) is 0.619. The fourth-order valence-corrected chi connectivity index (χ4v) is 3.24. The van der Waals surface area contributed by atoms with E-state index in [0.29, 0.717) is 18.5 Å². The van der Waals surface area contributed by atoms with Gasteiger partial charge in [-0.3, -0.25) is 4.79 Å². The molecular weight excluding hydrogens is 483 g/mol. The van der Waals surface area contributed by atoms with Crippen molar-refractivity contribution in [2.45, 2.75) is 44.6 Å². The number of guanidine groups is 1. The number of carbonyl (C=O) groups excluding carboxylic acids is 1. The Morgan fingerprint density at radius 1 is 1.14 bits per heavy atom. The lowest BCUT2D eigenvalue weighted by Crippen LogP contribution is -2.45. The third kappa shape index (κ3) is 8.67. The van der Waals surface area contributed by atoms with Gasteiger partial charge in [0.25, 0.3) is 0 Å². The van der Waals surface area contributed by atoms with Crippen molar-refractivity contribution in [2.24, 2.45) is 4.99 Å². The third-order valence-corrected chi connectivity index (χ3v) is 4.97. The van der Waals surface area contributed by atoms with Gasteiger partial charge in [-0.2, -0.15) is 0 Å². The first-order valence-corrected chi connectivity index (χ1v) is 9.99. The van der Waals surface area contributed by atoms with Crippen LogP contribution < -0.4 is 20.1 Å². The summed E-state index contributed by atoms with van der Waals surface area (Å²) < 4.78 is 10.7. The molecule has 0 unspecified atom stereocenters. The van der Waals surface area contributed by atoms with Crippen LogP contribution in [-0.2, 0) is 11.2 Å². The highest BCUT2D eigenvalue weighted by molar-refractivity contribution is 14.0. The molecule has 1 saturated carbocycles. The van der Waals surface area contributed by atoms with Gasteiger partial charge >= 0.3 is 0 Å². The fourth-order valence-electron chi connectivity index (χ4n) is 3.24. The molecule has 1 amide bonds. The normalized spacial score (nSPS) is 14.6. The molecule has 29 heavy (non-hydrogen) atoms. The topological polar surface area (TPSA) is 75.2 Å². The van der Waals surface area contributed by atoms with Gasteiger partial charge in [0.15, 0.2) is 17.5 Å². The molecule has 164 valence electrons.